The topological polar surface area (TPSA) is 38.9 Å². The molecule has 1 atom stereocenters. The van der Waals surface area contributed by atoms with Gasteiger partial charge < -0.3 is 4.42 Å². The second-order valence-corrected chi connectivity index (χ2v) is 7.33. The van der Waals surface area contributed by atoms with Gasteiger partial charge in [-0.15, -0.1) is 10.2 Å². The van der Waals surface area contributed by atoms with Gasteiger partial charge in [0.15, 0.2) is 0 Å². The van der Waals surface area contributed by atoms with Crippen LogP contribution in [0, 0.1) is 0 Å². The third kappa shape index (κ3) is 3.81. The fourth-order valence-corrected chi connectivity index (χ4v) is 3.88. The largest absolute Gasteiger partial charge is 0.416 e. The first-order valence-electron chi connectivity index (χ1n) is 8.76. The third-order valence-electron chi connectivity index (χ3n) is 4.53. The van der Waals surface area contributed by atoms with E-state index in [1.54, 1.807) is 11.8 Å². The maximum Gasteiger partial charge on any atom is 0.276 e. The van der Waals surface area contributed by atoms with E-state index in [-0.39, 0.29) is 0 Å². The first-order valence-corrected chi connectivity index (χ1v) is 9.75. The fraction of sp³-hybridized carbons (Fsp3) is 0.182. The van der Waals surface area contributed by atoms with Crippen LogP contribution in [-0.4, -0.2) is 10.2 Å². The molecule has 1 heterocycles. The van der Waals surface area contributed by atoms with Crippen LogP contribution in [0.4, 0.5) is 0 Å². The van der Waals surface area contributed by atoms with E-state index in [0.717, 1.165) is 12.2 Å². The Morgan fingerprint density at radius 3 is 2.54 bits per heavy atom. The Kier molecular flexibility index (Phi) is 5.02. The Hall–Kier alpha value is -2.59. The molecule has 0 aliphatic heterocycles. The minimum Gasteiger partial charge on any atom is -0.416 e. The second-order valence-electron chi connectivity index (χ2n) is 6.40. The molecule has 0 saturated carbocycles. The number of hydrogen-bond acceptors (Lipinski definition) is 4. The molecule has 0 aliphatic carbocycles. The Morgan fingerprint density at radius 1 is 0.885 bits per heavy atom. The maximum atomic E-state index is 5.85. The van der Waals surface area contributed by atoms with E-state index in [0.29, 0.717) is 17.0 Å². The molecule has 0 fully saturated rings. The highest BCUT2D eigenvalue weighted by Crippen LogP contribution is 2.27. The molecule has 3 aromatic carbocycles. The van der Waals surface area contributed by atoms with Crippen molar-refractivity contribution in [1.82, 2.24) is 10.2 Å². The van der Waals surface area contributed by atoms with E-state index >= 15 is 0 Å². The van der Waals surface area contributed by atoms with Gasteiger partial charge in [0.1, 0.15) is 0 Å². The Labute approximate surface area is 157 Å². The molecule has 0 bridgehead atoms. The van der Waals surface area contributed by atoms with Crippen molar-refractivity contribution >= 4 is 22.5 Å². The molecule has 1 aromatic heterocycles. The summed E-state index contributed by atoms with van der Waals surface area (Å²) in [6, 6.07) is 25.3. The van der Waals surface area contributed by atoms with Crippen molar-refractivity contribution in [2.24, 2.45) is 0 Å². The van der Waals surface area contributed by atoms with Gasteiger partial charge in [-0.1, -0.05) is 91.5 Å². The second kappa shape index (κ2) is 7.75. The molecule has 4 heteroatoms. The van der Waals surface area contributed by atoms with Crippen LogP contribution in [0.2, 0.25) is 0 Å². The number of nitrogens with zero attached hydrogens (tertiary/aromatic N) is 2. The predicted molar refractivity (Wildman–Crippen MR) is 106 cm³/mol. The number of benzene rings is 3. The summed E-state index contributed by atoms with van der Waals surface area (Å²) in [6.07, 6.45) is 0.756. The van der Waals surface area contributed by atoms with Crippen molar-refractivity contribution < 1.29 is 4.42 Å². The molecule has 26 heavy (non-hydrogen) atoms. The van der Waals surface area contributed by atoms with Crippen molar-refractivity contribution in [3.05, 3.63) is 89.8 Å². The van der Waals surface area contributed by atoms with Crippen LogP contribution in [0.15, 0.2) is 82.4 Å². The van der Waals surface area contributed by atoms with E-state index in [9.17, 15) is 0 Å². The molecular weight excluding hydrogens is 340 g/mol. The van der Waals surface area contributed by atoms with E-state index < -0.39 is 0 Å². The monoisotopic (exact) mass is 360 g/mol. The average Bonchev–Trinajstić information content (AvgIpc) is 3.14. The van der Waals surface area contributed by atoms with Crippen LogP contribution >= 0.6 is 11.8 Å². The summed E-state index contributed by atoms with van der Waals surface area (Å²) in [5.41, 5.74) is 2.57. The summed E-state index contributed by atoms with van der Waals surface area (Å²) < 4.78 is 5.85. The summed E-state index contributed by atoms with van der Waals surface area (Å²) in [5, 5.41) is 11.6. The van der Waals surface area contributed by atoms with Gasteiger partial charge in [-0.05, 0) is 27.8 Å². The molecule has 4 rings (SSSR count). The summed E-state index contributed by atoms with van der Waals surface area (Å²) in [5.74, 6) is 1.87. The summed E-state index contributed by atoms with van der Waals surface area (Å²) in [4.78, 5) is 0. The van der Waals surface area contributed by atoms with Gasteiger partial charge in [-0.3, -0.25) is 0 Å². The Morgan fingerprint density at radius 2 is 1.65 bits per heavy atom. The van der Waals surface area contributed by atoms with E-state index in [1.807, 2.05) is 6.07 Å². The van der Waals surface area contributed by atoms with Gasteiger partial charge in [-0.25, -0.2) is 0 Å². The predicted octanol–water partition coefficient (Wildman–Crippen LogP) is 5.86. The molecule has 0 saturated heterocycles. The van der Waals surface area contributed by atoms with Crippen molar-refractivity contribution in [3.8, 4) is 0 Å². The molecule has 1 unspecified atom stereocenters. The van der Waals surface area contributed by atoms with Crippen LogP contribution in [-0.2, 0) is 12.2 Å². The lowest BCUT2D eigenvalue weighted by Gasteiger charge is -2.08. The van der Waals surface area contributed by atoms with Crippen LogP contribution in [0.1, 0.15) is 29.9 Å². The lowest BCUT2D eigenvalue weighted by molar-refractivity contribution is 0.404. The zero-order valence-electron chi connectivity index (χ0n) is 14.6. The highest BCUT2D eigenvalue weighted by Gasteiger charge is 2.13. The molecule has 3 nitrogen and oxygen atoms in total. The highest BCUT2D eigenvalue weighted by molar-refractivity contribution is 7.98. The Balaban J connectivity index is 1.42. The standard InChI is InChI=1S/C22H20N2OS/c1-16(17-8-3-2-4-9-17)14-21-23-24-22(25-21)26-15-19-12-7-11-18-10-5-6-13-20(18)19/h2-13,16H,14-15H2,1H3. The van der Waals surface area contributed by atoms with Gasteiger partial charge in [0.05, 0.1) is 0 Å². The smallest absolute Gasteiger partial charge is 0.276 e. The van der Waals surface area contributed by atoms with E-state index in [4.69, 9.17) is 4.42 Å². The van der Waals surface area contributed by atoms with E-state index in [2.05, 4.69) is 83.9 Å². The highest BCUT2D eigenvalue weighted by atomic mass is 32.2. The lowest BCUT2D eigenvalue weighted by Crippen LogP contribution is -1.98. The number of hydrogen-bond donors (Lipinski definition) is 0. The van der Waals surface area contributed by atoms with Crippen molar-refractivity contribution in [2.45, 2.75) is 30.2 Å². The maximum absolute atomic E-state index is 5.85. The molecule has 4 aromatic rings. The van der Waals surface area contributed by atoms with Crippen molar-refractivity contribution in [1.29, 1.82) is 0 Å². The van der Waals surface area contributed by atoms with Gasteiger partial charge in [0.25, 0.3) is 5.22 Å². The molecule has 0 aliphatic rings. The molecule has 0 radical (unpaired) electrons. The summed E-state index contributed by atoms with van der Waals surface area (Å²) in [6.45, 7) is 2.18. The molecular formula is C22H20N2OS. The van der Waals surface area contributed by atoms with E-state index in [1.165, 1.54) is 21.9 Å². The van der Waals surface area contributed by atoms with Crippen molar-refractivity contribution in [3.63, 3.8) is 0 Å². The summed E-state index contributed by atoms with van der Waals surface area (Å²) in [7, 11) is 0. The lowest BCUT2D eigenvalue weighted by atomic mass is 9.98. The number of fused-ring (bicyclic) bond motifs is 1. The number of aromatic nitrogens is 2. The minimum atomic E-state index is 0.354. The fourth-order valence-electron chi connectivity index (χ4n) is 3.10. The number of rotatable bonds is 6. The zero-order chi connectivity index (χ0) is 17.8. The normalized spacial score (nSPS) is 12.3. The quantitative estimate of drug-likeness (QED) is 0.404. The average molecular weight is 360 g/mol. The third-order valence-corrected chi connectivity index (χ3v) is 5.40. The van der Waals surface area contributed by atoms with Crippen LogP contribution in [0.3, 0.4) is 0 Å². The van der Waals surface area contributed by atoms with Crippen molar-refractivity contribution in [2.75, 3.05) is 0 Å². The van der Waals surface area contributed by atoms with Crippen LogP contribution in [0.25, 0.3) is 10.8 Å². The number of thioether (sulfide) groups is 1. The minimum absolute atomic E-state index is 0.354. The van der Waals surface area contributed by atoms with Crippen LogP contribution < -0.4 is 0 Å². The van der Waals surface area contributed by atoms with Gasteiger partial charge in [0.2, 0.25) is 5.89 Å². The molecule has 0 spiro atoms. The zero-order valence-corrected chi connectivity index (χ0v) is 15.4. The molecule has 0 amide bonds. The summed E-state index contributed by atoms with van der Waals surface area (Å²) >= 11 is 1.59. The first-order chi connectivity index (χ1) is 12.8. The first kappa shape index (κ1) is 16.9. The van der Waals surface area contributed by atoms with Gasteiger partial charge in [0, 0.05) is 12.2 Å². The van der Waals surface area contributed by atoms with Crippen LogP contribution in [0.5, 0.6) is 0 Å². The Bertz CT molecular complexity index is 992. The SMILES string of the molecule is CC(Cc1nnc(SCc2cccc3ccccc23)o1)c1ccccc1. The van der Waals surface area contributed by atoms with Gasteiger partial charge in [-0.2, -0.15) is 0 Å². The molecule has 130 valence electrons. The van der Waals surface area contributed by atoms with Gasteiger partial charge >= 0.3 is 0 Å². The molecule has 0 N–H and O–H groups in total.